The van der Waals surface area contributed by atoms with Crippen molar-refractivity contribution in [2.24, 2.45) is 23.5 Å². The standard InChI is InChI=1S/C61H81ClN6O13S/c1-35(2)43(31-41(82)19-13-11-10-12-18-37(4)69)57(73)66-45(21-16-26-65-58(63)74)47(70)30-40-23-24-44(42-20-15-25-64-55(40)42)67-59(75)80-51-32-52(71)68(7)46-28-39(29-48(77-8)54(46)62)27-36(3)17-14-22-50(78-9)61(76)33-49(79-53(72)34-61)38(5)56-60(51,6)81-56/h14-15,17,20,22-25,28-29,35,38,43,45,49-51,56,76H,10-13,16,18-19,21,26-27,30-34H2,1-9H3,(H,66,73)(H,67,75)(H3,63,65,74)/b22-14+,36-17+/t38-,43+,45+,49+,50-,51+,56+,60+,61-/m1/s1. The number of nitrogens with zero attached hydrogens (tertiary/aromatic N) is 2. The summed E-state index contributed by atoms with van der Waals surface area (Å²) in [5, 5.41) is 21.1. The van der Waals surface area contributed by atoms with E-state index in [1.165, 1.54) is 19.1 Å². The van der Waals surface area contributed by atoms with E-state index >= 15 is 0 Å². The van der Waals surface area contributed by atoms with E-state index in [-0.39, 0.29) is 72.8 Å². The molecule has 4 heterocycles. The largest absolute Gasteiger partial charge is 0.495 e. The molecule has 2 aromatic carbocycles. The predicted molar refractivity (Wildman–Crippen MR) is 317 cm³/mol. The third kappa shape index (κ3) is 17.1. The minimum Gasteiger partial charge on any atom is -0.495 e. The van der Waals surface area contributed by atoms with Gasteiger partial charge in [0, 0.05) is 63.4 Å². The van der Waals surface area contributed by atoms with Gasteiger partial charge in [-0.15, -0.1) is 0 Å². The molecule has 0 radical (unpaired) electrons. The minimum atomic E-state index is -1.64. The van der Waals surface area contributed by atoms with Crippen LogP contribution >= 0.6 is 23.8 Å². The van der Waals surface area contributed by atoms with Crippen LogP contribution in [0.4, 0.5) is 21.0 Å². The van der Waals surface area contributed by atoms with Gasteiger partial charge in [-0.3, -0.25) is 29.5 Å². The van der Waals surface area contributed by atoms with E-state index in [1.54, 1.807) is 75.6 Å². The van der Waals surface area contributed by atoms with Crippen molar-refractivity contribution in [2.75, 3.05) is 38.0 Å². The number of aliphatic hydroxyl groups is 1. The summed E-state index contributed by atoms with van der Waals surface area (Å²) in [6.45, 7) is 11.1. The zero-order valence-electron chi connectivity index (χ0n) is 48.6. The molecule has 9 atom stereocenters. The highest BCUT2D eigenvalue weighted by molar-refractivity contribution is 7.80. The second kappa shape index (κ2) is 29.3. The molecular formula is C61H81ClN6O13S. The van der Waals surface area contributed by atoms with E-state index in [0.717, 1.165) is 41.7 Å². The van der Waals surface area contributed by atoms with Gasteiger partial charge < -0.3 is 54.9 Å². The lowest BCUT2D eigenvalue weighted by molar-refractivity contribution is -0.187. The third-order valence-corrected chi connectivity index (χ3v) is 16.7. The molecule has 2 fully saturated rings. The first-order valence-electron chi connectivity index (χ1n) is 28.2. The highest BCUT2D eigenvalue weighted by Crippen LogP contribution is 2.50. The number of primary amides is 1. The number of halogens is 1. The molecule has 6 N–H and O–H groups in total. The number of ether oxygens (including phenoxy) is 5. The number of aromatic nitrogens is 1. The number of thiocarbonyl (C=S) groups is 1. The summed E-state index contributed by atoms with van der Waals surface area (Å²) in [5.74, 6) is -2.38. The summed E-state index contributed by atoms with van der Waals surface area (Å²) in [5.41, 5.74) is 5.60. The second-order valence-corrected chi connectivity index (χ2v) is 23.6. The Morgan fingerprint density at radius 3 is 2.46 bits per heavy atom. The zero-order valence-corrected chi connectivity index (χ0v) is 50.2. The van der Waals surface area contributed by atoms with Crippen LogP contribution in [-0.4, -0.2) is 126 Å². The monoisotopic (exact) mass is 1170 g/mol. The van der Waals surface area contributed by atoms with E-state index in [4.69, 9.17) is 53.2 Å². The fraction of sp³-hybridized carbons (Fsp3) is 0.557. The van der Waals surface area contributed by atoms with Gasteiger partial charge in [0.2, 0.25) is 11.8 Å². The van der Waals surface area contributed by atoms with Crippen molar-refractivity contribution >= 4 is 92.4 Å². The zero-order chi connectivity index (χ0) is 60.1. The van der Waals surface area contributed by atoms with E-state index in [2.05, 4.69) is 20.9 Å². The number of Topliss-reactive ketones (excluding diaryl/α,β-unsaturated/α-hetero) is 2. The maximum atomic E-state index is 14.6. The Morgan fingerprint density at radius 1 is 1.05 bits per heavy atom. The van der Waals surface area contributed by atoms with Gasteiger partial charge in [-0.1, -0.05) is 87.3 Å². The maximum Gasteiger partial charge on any atom is 0.412 e. The van der Waals surface area contributed by atoms with Gasteiger partial charge in [0.25, 0.3) is 0 Å². The van der Waals surface area contributed by atoms with Crippen LogP contribution in [0.25, 0.3) is 10.9 Å². The number of hydrogen-bond donors (Lipinski definition) is 5. The quantitative estimate of drug-likeness (QED) is 0.0256. The fourth-order valence-corrected chi connectivity index (χ4v) is 11.7. The van der Waals surface area contributed by atoms with Crippen LogP contribution in [0.3, 0.4) is 0 Å². The molecule has 3 aliphatic rings. The number of methoxy groups -OCH3 is 2. The summed E-state index contributed by atoms with van der Waals surface area (Å²) >= 11 is 12.6. The number of carbonyl (C=O) groups is 7. The Balaban J connectivity index is 1.24. The summed E-state index contributed by atoms with van der Waals surface area (Å²) in [4.78, 5) is 100. The van der Waals surface area contributed by atoms with Crippen LogP contribution < -0.4 is 31.3 Å². The number of carbonyl (C=O) groups excluding carboxylic acids is 7. The molecule has 3 aliphatic heterocycles. The third-order valence-electron chi connectivity index (χ3n) is 15.9. The first kappa shape index (κ1) is 64.8. The Bertz CT molecular complexity index is 2920. The van der Waals surface area contributed by atoms with Gasteiger partial charge in [0.15, 0.2) is 5.78 Å². The number of ketones is 2. The lowest BCUT2D eigenvalue weighted by atomic mass is 9.78. The molecule has 0 spiro atoms. The van der Waals surface area contributed by atoms with Crippen LogP contribution in [0.15, 0.2) is 66.4 Å². The Labute approximate surface area is 491 Å². The Hall–Kier alpha value is -6.32. The van der Waals surface area contributed by atoms with E-state index < -0.39 is 77.5 Å². The van der Waals surface area contributed by atoms with Crippen molar-refractivity contribution in [2.45, 2.75) is 173 Å². The number of benzene rings is 2. The molecule has 0 unspecified atom stereocenters. The molecule has 2 saturated heterocycles. The molecule has 5 amide bonds. The first-order chi connectivity index (χ1) is 38.9. The Kier molecular flexibility index (Phi) is 23.1. The second-order valence-electron chi connectivity index (χ2n) is 22.7. The molecular weight excluding hydrogens is 1090 g/mol. The van der Waals surface area contributed by atoms with Gasteiger partial charge in [-0.05, 0) is 118 Å². The first-order valence-corrected chi connectivity index (χ1v) is 29.0. The number of allylic oxidation sites excluding steroid dienone is 3. The lowest BCUT2D eigenvalue weighted by Gasteiger charge is -2.41. The van der Waals surface area contributed by atoms with Crippen LogP contribution in [0.1, 0.15) is 130 Å². The molecule has 19 nitrogen and oxygen atoms in total. The van der Waals surface area contributed by atoms with Gasteiger partial charge in [0.1, 0.15) is 46.1 Å². The predicted octanol–water partition coefficient (Wildman–Crippen LogP) is 9.18. The number of urea groups is 1. The molecule has 82 heavy (non-hydrogen) atoms. The number of pyridine rings is 1. The van der Waals surface area contributed by atoms with Crippen LogP contribution in [0.2, 0.25) is 5.02 Å². The lowest BCUT2D eigenvalue weighted by Crippen LogP contribution is -2.53. The van der Waals surface area contributed by atoms with E-state index in [0.29, 0.717) is 60.0 Å². The fourth-order valence-electron chi connectivity index (χ4n) is 11.1. The number of anilines is 2. The van der Waals surface area contributed by atoms with Crippen molar-refractivity contribution in [1.29, 1.82) is 0 Å². The highest BCUT2D eigenvalue weighted by Gasteiger charge is 2.64. The van der Waals surface area contributed by atoms with E-state index in [1.807, 2.05) is 33.8 Å². The molecule has 21 heteroatoms. The average molecular weight is 1170 g/mol. The number of amides is 5. The van der Waals surface area contributed by atoms with Gasteiger partial charge >= 0.3 is 18.1 Å². The van der Waals surface area contributed by atoms with Crippen molar-refractivity contribution < 1.29 is 62.4 Å². The van der Waals surface area contributed by atoms with Crippen molar-refractivity contribution in [3.05, 3.63) is 82.5 Å². The Morgan fingerprint density at radius 2 is 1.78 bits per heavy atom. The molecule has 1 aromatic heterocycles. The summed E-state index contributed by atoms with van der Waals surface area (Å²) < 4.78 is 29.9. The molecule has 0 saturated carbocycles. The van der Waals surface area contributed by atoms with Gasteiger partial charge in [-0.2, -0.15) is 0 Å². The molecule has 3 aromatic rings. The van der Waals surface area contributed by atoms with Crippen molar-refractivity contribution in [1.82, 2.24) is 15.6 Å². The number of hydrogen-bond acceptors (Lipinski definition) is 15. The summed E-state index contributed by atoms with van der Waals surface area (Å²) in [6.07, 6.45) is 7.50. The van der Waals surface area contributed by atoms with Gasteiger partial charge in [0.05, 0.1) is 49.0 Å². The van der Waals surface area contributed by atoms with Crippen molar-refractivity contribution in [3.63, 3.8) is 0 Å². The smallest absolute Gasteiger partial charge is 0.412 e. The number of rotatable bonds is 23. The van der Waals surface area contributed by atoms with Crippen LogP contribution in [0.5, 0.6) is 5.75 Å². The molecule has 0 aliphatic carbocycles. The number of nitrogens with two attached hydrogens (primary N) is 1. The maximum absolute atomic E-state index is 14.6. The van der Waals surface area contributed by atoms with Gasteiger partial charge in [-0.25, -0.2) is 9.59 Å². The molecule has 4 bridgehead atoms. The van der Waals surface area contributed by atoms with Crippen LogP contribution in [-0.2, 0) is 55.8 Å². The van der Waals surface area contributed by atoms with E-state index in [9.17, 15) is 38.7 Å². The number of esters is 1. The van der Waals surface area contributed by atoms with Crippen molar-refractivity contribution in [3.8, 4) is 5.75 Å². The summed E-state index contributed by atoms with van der Waals surface area (Å²) in [7, 11) is 4.50. The normalized spacial score (nSPS) is 24.7. The average Bonchev–Trinajstić information content (AvgIpc) is 4.20. The highest BCUT2D eigenvalue weighted by atomic mass is 35.5. The topological polar surface area (TPSA) is 267 Å². The molecule has 446 valence electrons. The summed E-state index contributed by atoms with van der Waals surface area (Å²) in [6, 6.07) is 8.58. The number of unbranched alkanes of at least 4 members (excludes halogenated alkanes) is 3. The number of fused-ring (bicyclic) bond motifs is 6. The van der Waals surface area contributed by atoms with Crippen LogP contribution in [0, 0.1) is 17.8 Å². The molecule has 6 rings (SSSR count). The number of nitrogens with one attached hydrogen (secondary N) is 3. The SMILES string of the molecule is COc1cc2cc(c1Cl)N(C)C(=O)C[C@H](OC(=O)Nc1ccc(CC(=O)[C@H](CCCNC(N)=O)NC(=O)[C@@H](CC(=S)CCCCCCC(C)=O)C(C)C)c3ncccc13)[C@]1(C)O[C@H]1[C@H](C)[C@@H]1C[C@@](O)(CC(=O)O1)[C@H](OC)/C=C/C=C(\C)C2. The minimum absolute atomic E-state index is 0.00588. The number of epoxide rings is 1.